The summed E-state index contributed by atoms with van der Waals surface area (Å²) in [5.41, 5.74) is 23.5. The maximum Gasteiger partial charge on any atom is 0.298 e. The van der Waals surface area contributed by atoms with Crippen LogP contribution in [0.2, 0.25) is 0 Å². The van der Waals surface area contributed by atoms with E-state index in [4.69, 9.17) is 8.83 Å². The predicted molar refractivity (Wildman–Crippen MR) is 287 cm³/mol. The first-order valence-corrected chi connectivity index (χ1v) is 24.2. The number of aromatic nitrogens is 2. The summed E-state index contributed by atoms with van der Waals surface area (Å²) >= 11 is 0. The molecule has 13 aromatic rings. The smallest absolute Gasteiger partial charge is 0.298 e. The molecule has 0 spiro atoms. The van der Waals surface area contributed by atoms with Gasteiger partial charge in [0.25, 0.3) is 5.65 Å². The van der Waals surface area contributed by atoms with Gasteiger partial charge in [0.05, 0.1) is 23.1 Å². The molecule has 9 aromatic carbocycles. The fourth-order valence-electron chi connectivity index (χ4n) is 12.3. The highest BCUT2D eigenvalue weighted by Gasteiger charge is 2.46. The van der Waals surface area contributed by atoms with E-state index in [-0.39, 0.29) is 6.04 Å². The molecule has 4 aromatic heterocycles. The summed E-state index contributed by atoms with van der Waals surface area (Å²) in [6.07, 6.45) is 2.34. The highest BCUT2D eigenvalue weighted by molar-refractivity contribution is 6.16. The van der Waals surface area contributed by atoms with Gasteiger partial charge in [0.2, 0.25) is 0 Å². The maximum atomic E-state index is 6.56. The number of hydrogen-bond donors (Lipinski definition) is 0. The molecule has 0 N–H and O–H groups in total. The lowest BCUT2D eigenvalue weighted by atomic mass is 9.97. The molecule has 0 amide bonds. The average Bonchev–Trinajstić information content (AvgIpc) is 4.12. The highest BCUT2D eigenvalue weighted by Crippen LogP contribution is 2.56. The summed E-state index contributed by atoms with van der Waals surface area (Å²) in [6, 6.07) is 68.8. The quantitative estimate of drug-likeness (QED) is 0.156. The number of rotatable bonds is 6. The summed E-state index contributed by atoms with van der Waals surface area (Å²) in [6.45, 7) is 8.76. The van der Waals surface area contributed by atoms with Crippen molar-refractivity contribution in [2.75, 3.05) is 9.80 Å². The van der Waals surface area contributed by atoms with Crippen LogP contribution in [-0.4, -0.2) is 4.57 Å². The zero-order valence-corrected chi connectivity index (χ0v) is 39.2. The molecule has 2 aliphatic rings. The van der Waals surface area contributed by atoms with Crippen LogP contribution in [0.4, 0.5) is 34.1 Å². The second kappa shape index (κ2) is 14.3. The molecule has 15 rings (SSSR count). The molecule has 70 heavy (non-hydrogen) atoms. The van der Waals surface area contributed by atoms with Crippen molar-refractivity contribution in [2.24, 2.45) is 0 Å². The fraction of sp³-hybridized carbons (Fsp3) is 0.0781. The summed E-state index contributed by atoms with van der Waals surface area (Å²) < 4.78 is 18.2. The molecule has 332 valence electrons. The van der Waals surface area contributed by atoms with Crippen molar-refractivity contribution in [1.82, 2.24) is 4.57 Å². The monoisotopic (exact) mass is 901 g/mol. The van der Waals surface area contributed by atoms with Gasteiger partial charge in [-0.3, -0.25) is 0 Å². The molecule has 0 bridgehead atoms. The SMILES string of the molecule is Cc1cc(C)cc(N(c2ccc3c(c2)oc2ccccc23)c2ccc3c4c2-c2ccccc2C4[n+]2ccc(N(c4cc(C)cc(C)c4)c4ccc5c(c4)oc4ccccc45)c4c5ccccc5n-3c42)c1. The minimum atomic E-state index is -0.0741. The first kappa shape index (κ1) is 39.2. The molecule has 1 aliphatic heterocycles. The summed E-state index contributed by atoms with van der Waals surface area (Å²) in [7, 11) is 0. The van der Waals surface area contributed by atoms with E-state index >= 15 is 0 Å². The number of benzene rings is 9. The van der Waals surface area contributed by atoms with E-state index in [1.165, 1.54) is 61.0 Å². The molecule has 1 unspecified atom stereocenters. The number of aryl methyl sites for hydroxylation is 4. The maximum absolute atomic E-state index is 6.56. The van der Waals surface area contributed by atoms with Gasteiger partial charge in [-0.25, -0.2) is 4.57 Å². The molecule has 0 fully saturated rings. The van der Waals surface area contributed by atoms with Crippen molar-refractivity contribution in [3.8, 4) is 16.8 Å². The van der Waals surface area contributed by atoms with Crippen molar-refractivity contribution in [3.05, 3.63) is 228 Å². The lowest BCUT2D eigenvalue weighted by Gasteiger charge is -2.30. The Morgan fingerprint density at radius 3 is 1.60 bits per heavy atom. The van der Waals surface area contributed by atoms with Crippen LogP contribution < -0.4 is 14.4 Å². The Bertz CT molecular complexity index is 4360. The Hall–Kier alpha value is -8.87. The van der Waals surface area contributed by atoms with E-state index in [9.17, 15) is 0 Å². The van der Waals surface area contributed by atoms with Crippen molar-refractivity contribution in [1.29, 1.82) is 0 Å². The summed E-state index contributed by atoms with van der Waals surface area (Å²) in [4.78, 5) is 4.89. The van der Waals surface area contributed by atoms with Crippen molar-refractivity contribution >= 4 is 99.9 Å². The molecule has 6 heteroatoms. The molecular weight excluding hydrogens is 857 g/mol. The van der Waals surface area contributed by atoms with E-state index in [0.29, 0.717) is 0 Å². The average molecular weight is 902 g/mol. The fourth-order valence-corrected chi connectivity index (χ4v) is 12.3. The summed E-state index contributed by atoms with van der Waals surface area (Å²) in [5, 5.41) is 6.86. The summed E-state index contributed by atoms with van der Waals surface area (Å²) in [5.74, 6) is 0. The Labute approximate surface area is 404 Å². The number of nitrogens with zero attached hydrogens (tertiary/aromatic N) is 4. The zero-order chi connectivity index (χ0) is 46.5. The van der Waals surface area contributed by atoms with Gasteiger partial charge in [0, 0.05) is 79.0 Å². The van der Waals surface area contributed by atoms with Gasteiger partial charge < -0.3 is 18.6 Å². The third-order valence-electron chi connectivity index (χ3n) is 14.9. The third-order valence-corrected chi connectivity index (χ3v) is 14.9. The number of anilines is 6. The molecule has 0 saturated heterocycles. The van der Waals surface area contributed by atoms with Gasteiger partial charge in [-0.2, -0.15) is 4.57 Å². The Kier molecular flexibility index (Phi) is 8.02. The van der Waals surface area contributed by atoms with Crippen molar-refractivity contribution in [3.63, 3.8) is 0 Å². The molecule has 0 saturated carbocycles. The standard InChI is InChI=1S/C64H45N4O2/c1-37-29-38(2)32-43(31-37)66(41-21-23-47-45-13-8-11-19-56(45)69-58(47)35-41)53-25-26-54-62-60(53)49-15-5-6-16-50(49)63(62)65-28-27-55(61-51-17-7-10-18-52(51)68(54)64(61)65)67(44-33-39(3)30-40(4)34-44)42-22-24-48-46-14-9-12-20-57(46)70-59(48)36-42/h5-36,63H,1-4H3/q+1. The van der Waals surface area contributed by atoms with Gasteiger partial charge in [0.15, 0.2) is 6.04 Å². The predicted octanol–water partition coefficient (Wildman–Crippen LogP) is 17.0. The van der Waals surface area contributed by atoms with Gasteiger partial charge in [0.1, 0.15) is 38.9 Å². The van der Waals surface area contributed by atoms with Gasteiger partial charge in [-0.15, -0.1) is 0 Å². The van der Waals surface area contributed by atoms with E-state index < -0.39 is 0 Å². The van der Waals surface area contributed by atoms with Crippen LogP contribution in [-0.2, 0) is 0 Å². The van der Waals surface area contributed by atoms with E-state index in [1.54, 1.807) is 0 Å². The normalized spacial score (nSPS) is 13.6. The van der Waals surface area contributed by atoms with Crippen LogP contribution >= 0.6 is 0 Å². The molecule has 5 heterocycles. The van der Waals surface area contributed by atoms with Gasteiger partial charge in [-0.05, 0) is 140 Å². The van der Waals surface area contributed by atoms with E-state index in [1.807, 2.05) is 12.1 Å². The number of hydrogen-bond acceptors (Lipinski definition) is 4. The first-order valence-electron chi connectivity index (χ1n) is 24.2. The molecule has 1 aliphatic carbocycles. The van der Waals surface area contributed by atoms with E-state index in [2.05, 4.69) is 229 Å². The Morgan fingerprint density at radius 2 is 0.971 bits per heavy atom. The van der Waals surface area contributed by atoms with Gasteiger partial charge >= 0.3 is 0 Å². The van der Waals surface area contributed by atoms with Crippen LogP contribution in [0.25, 0.3) is 82.6 Å². The second-order valence-electron chi connectivity index (χ2n) is 19.5. The largest absolute Gasteiger partial charge is 0.456 e. The lowest BCUT2D eigenvalue weighted by Crippen LogP contribution is -2.44. The van der Waals surface area contributed by atoms with Gasteiger partial charge in [-0.1, -0.05) is 84.9 Å². The molecule has 6 nitrogen and oxygen atoms in total. The minimum Gasteiger partial charge on any atom is -0.456 e. The molecular formula is C64H45N4O2+. The first-order chi connectivity index (χ1) is 34.3. The highest BCUT2D eigenvalue weighted by atomic mass is 16.3. The van der Waals surface area contributed by atoms with Crippen molar-refractivity contribution in [2.45, 2.75) is 33.7 Å². The van der Waals surface area contributed by atoms with Crippen LogP contribution in [0.15, 0.2) is 203 Å². The number of pyridine rings is 1. The second-order valence-corrected chi connectivity index (χ2v) is 19.5. The van der Waals surface area contributed by atoms with Crippen LogP contribution in [0.1, 0.15) is 39.4 Å². The topological polar surface area (TPSA) is 41.6 Å². The Morgan fingerprint density at radius 1 is 0.443 bits per heavy atom. The third kappa shape index (κ3) is 5.47. The lowest BCUT2D eigenvalue weighted by molar-refractivity contribution is -0.682. The Balaban J connectivity index is 1.00. The van der Waals surface area contributed by atoms with Crippen LogP contribution in [0.5, 0.6) is 0 Å². The van der Waals surface area contributed by atoms with E-state index in [0.717, 1.165) is 89.2 Å². The number of fused-ring (bicyclic) bond motifs is 14. The number of para-hydroxylation sites is 3. The van der Waals surface area contributed by atoms with Crippen LogP contribution in [0.3, 0.4) is 0 Å². The molecule has 1 atom stereocenters. The number of furan rings is 2. The van der Waals surface area contributed by atoms with Crippen LogP contribution in [0, 0.1) is 27.7 Å². The minimum absolute atomic E-state index is 0.0741. The molecule has 0 radical (unpaired) electrons. The van der Waals surface area contributed by atoms with Crippen molar-refractivity contribution < 1.29 is 13.4 Å². The zero-order valence-electron chi connectivity index (χ0n) is 39.2.